The number of benzene rings is 1. The van der Waals surface area contributed by atoms with E-state index >= 15 is 0 Å². The number of fused-ring (bicyclic) bond motifs is 2. The van der Waals surface area contributed by atoms with Crippen molar-refractivity contribution >= 4 is 34.9 Å². The van der Waals surface area contributed by atoms with Crippen LogP contribution in [0.3, 0.4) is 0 Å². The second kappa shape index (κ2) is 6.61. The summed E-state index contributed by atoms with van der Waals surface area (Å²) in [5.74, 6) is 0. The Morgan fingerprint density at radius 1 is 1.21 bits per heavy atom. The first-order chi connectivity index (χ1) is 11.3. The topological polar surface area (TPSA) is 29.5 Å². The largest absolute Gasteiger partial charge is 0.444 e. The molecule has 3 nitrogen and oxygen atoms in total. The lowest BCUT2D eigenvalue weighted by molar-refractivity contribution is 0.0000892. The van der Waals surface area contributed by atoms with Crippen molar-refractivity contribution in [1.29, 1.82) is 0 Å². The first-order valence-corrected chi connectivity index (χ1v) is 9.18. The van der Waals surface area contributed by atoms with Gasteiger partial charge in [-0.2, -0.15) is 0 Å². The van der Waals surface area contributed by atoms with Crippen LogP contribution in [-0.4, -0.2) is 28.7 Å². The van der Waals surface area contributed by atoms with Gasteiger partial charge in [0.1, 0.15) is 5.60 Å². The van der Waals surface area contributed by atoms with Gasteiger partial charge < -0.3 is 4.74 Å². The lowest BCUT2D eigenvalue weighted by Gasteiger charge is -2.45. The third-order valence-electron chi connectivity index (χ3n) is 4.53. The van der Waals surface area contributed by atoms with Crippen LogP contribution < -0.4 is 0 Å². The molecule has 0 aromatic heterocycles. The van der Waals surface area contributed by atoms with Crippen molar-refractivity contribution in [2.45, 2.75) is 64.1 Å². The Morgan fingerprint density at radius 2 is 1.88 bits per heavy atom. The predicted octanol–water partition coefficient (Wildman–Crippen LogP) is 5.94. The fraction of sp³-hybridized carbons (Fsp3) is 0.526. The Morgan fingerprint density at radius 3 is 2.46 bits per heavy atom. The Balaban J connectivity index is 1.92. The van der Waals surface area contributed by atoms with Crippen LogP contribution in [0.15, 0.2) is 24.3 Å². The summed E-state index contributed by atoms with van der Waals surface area (Å²) in [4.78, 5) is 14.5. The second-order valence-electron chi connectivity index (χ2n) is 7.53. The highest BCUT2D eigenvalue weighted by Gasteiger charge is 2.39. The number of hydrogen-bond donors (Lipinski definition) is 0. The minimum Gasteiger partial charge on any atom is -0.444 e. The molecule has 0 aliphatic carbocycles. The maximum atomic E-state index is 12.6. The van der Waals surface area contributed by atoms with Gasteiger partial charge in [0.05, 0.1) is 6.04 Å². The molecule has 1 fully saturated rings. The van der Waals surface area contributed by atoms with Crippen molar-refractivity contribution in [3.05, 3.63) is 39.9 Å². The van der Waals surface area contributed by atoms with Crippen LogP contribution >= 0.6 is 23.2 Å². The molecule has 1 aromatic carbocycles. The first kappa shape index (κ1) is 17.6. The van der Waals surface area contributed by atoms with Gasteiger partial charge in [-0.15, -0.1) is 0 Å². The number of carbonyl (C=O) groups is 1. The van der Waals surface area contributed by atoms with Gasteiger partial charge in [-0.3, -0.25) is 4.90 Å². The van der Waals surface area contributed by atoms with Gasteiger partial charge in [0.2, 0.25) is 0 Å². The van der Waals surface area contributed by atoms with Crippen molar-refractivity contribution < 1.29 is 9.53 Å². The quantitative estimate of drug-likeness (QED) is 0.614. The summed E-state index contributed by atoms with van der Waals surface area (Å²) in [5.41, 5.74) is 1.56. The minimum atomic E-state index is -0.485. The molecule has 2 atom stereocenters. The van der Waals surface area contributed by atoms with E-state index in [-0.39, 0.29) is 18.2 Å². The van der Waals surface area contributed by atoms with Crippen LogP contribution in [0.5, 0.6) is 0 Å². The molecule has 0 N–H and O–H groups in total. The normalized spacial score (nSPS) is 23.7. The number of amides is 1. The number of nitrogens with zero attached hydrogens (tertiary/aromatic N) is 1. The van der Waals surface area contributed by atoms with Gasteiger partial charge in [0.15, 0.2) is 0 Å². The summed E-state index contributed by atoms with van der Waals surface area (Å²) in [5, 5.41) is 1.33. The fourth-order valence-corrected chi connectivity index (χ4v) is 4.26. The third kappa shape index (κ3) is 3.57. The molecule has 0 saturated carbocycles. The van der Waals surface area contributed by atoms with E-state index in [9.17, 15) is 4.79 Å². The van der Waals surface area contributed by atoms with Crippen molar-refractivity contribution in [3.63, 3.8) is 0 Å². The lowest BCUT2D eigenvalue weighted by atomic mass is 9.83. The van der Waals surface area contributed by atoms with E-state index in [1.54, 1.807) is 0 Å². The Hall–Kier alpha value is -1.19. The van der Waals surface area contributed by atoms with Crippen LogP contribution in [0.25, 0.3) is 5.57 Å². The predicted molar refractivity (Wildman–Crippen MR) is 98.6 cm³/mol. The van der Waals surface area contributed by atoms with E-state index in [0.717, 1.165) is 36.8 Å². The monoisotopic (exact) mass is 367 g/mol. The van der Waals surface area contributed by atoms with Crippen molar-refractivity contribution in [1.82, 2.24) is 4.90 Å². The van der Waals surface area contributed by atoms with Gasteiger partial charge in [-0.1, -0.05) is 35.3 Å². The Kier molecular flexibility index (Phi) is 4.85. The van der Waals surface area contributed by atoms with Crippen LogP contribution in [0.4, 0.5) is 4.79 Å². The van der Waals surface area contributed by atoms with Gasteiger partial charge in [-0.25, -0.2) is 4.79 Å². The van der Waals surface area contributed by atoms with Crippen LogP contribution in [0.2, 0.25) is 10.0 Å². The summed E-state index contributed by atoms with van der Waals surface area (Å²) in [6.07, 6.45) is 5.73. The van der Waals surface area contributed by atoms with Crippen molar-refractivity contribution in [3.8, 4) is 0 Å². The molecule has 2 heterocycles. The Bertz CT molecular complexity index is 658. The van der Waals surface area contributed by atoms with Gasteiger partial charge in [-0.05, 0) is 64.2 Å². The van der Waals surface area contributed by atoms with E-state index in [1.165, 1.54) is 0 Å². The molecular weight excluding hydrogens is 345 g/mol. The summed E-state index contributed by atoms with van der Waals surface area (Å²) in [7, 11) is 0. The van der Waals surface area contributed by atoms with E-state index in [2.05, 4.69) is 6.08 Å². The fourth-order valence-electron chi connectivity index (χ4n) is 3.62. The summed E-state index contributed by atoms with van der Waals surface area (Å²) >= 11 is 12.8. The minimum absolute atomic E-state index is 0.0506. The molecule has 2 bridgehead atoms. The number of carbonyl (C=O) groups excluding carboxylic acids is 1. The molecule has 0 spiro atoms. The molecule has 1 saturated heterocycles. The van der Waals surface area contributed by atoms with Gasteiger partial charge in [0.25, 0.3) is 0 Å². The number of piperidine rings is 1. The van der Waals surface area contributed by atoms with E-state index < -0.39 is 5.60 Å². The zero-order valence-corrected chi connectivity index (χ0v) is 15.8. The molecule has 2 aliphatic heterocycles. The number of rotatable bonds is 1. The molecule has 0 radical (unpaired) electrons. The highest BCUT2D eigenvalue weighted by molar-refractivity contribution is 6.37. The highest BCUT2D eigenvalue weighted by atomic mass is 35.5. The summed E-state index contributed by atoms with van der Waals surface area (Å²) in [6, 6.07) is 5.77. The number of hydrogen-bond acceptors (Lipinski definition) is 2. The molecule has 130 valence electrons. The molecule has 5 heteroatoms. The standard InChI is InChI=1S/C19H23Cl2NO2/c1-19(2,3)24-18(23)22-13-6-4-7-14(22)11-12(10-13)17-15(20)8-5-9-16(17)21/h5,8-10,13-14H,4,6-7,11H2,1-3H3. The molecule has 2 unspecified atom stereocenters. The second-order valence-corrected chi connectivity index (χ2v) is 8.35. The molecule has 1 amide bonds. The van der Waals surface area contributed by atoms with Crippen molar-refractivity contribution in [2.24, 2.45) is 0 Å². The molecule has 1 aromatic rings. The zero-order valence-electron chi connectivity index (χ0n) is 14.3. The zero-order chi connectivity index (χ0) is 17.5. The van der Waals surface area contributed by atoms with Gasteiger partial charge >= 0.3 is 6.09 Å². The highest BCUT2D eigenvalue weighted by Crippen LogP contribution is 2.41. The number of halogens is 2. The first-order valence-electron chi connectivity index (χ1n) is 8.42. The van der Waals surface area contributed by atoms with Gasteiger partial charge in [0, 0.05) is 21.7 Å². The van der Waals surface area contributed by atoms with Crippen molar-refractivity contribution in [2.75, 3.05) is 0 Å². The van der Waals surface area contributed by atoms with E-state index in [4.69, 9.17) is 27.9 Å². The summed E-state index contributed by atoms with van der Waals surface area (Å²) < 4.78 is 5.61. The SMILES string of the molecule is CC(C)(C)OC(=O)N1C2C=C(c3c(Cl)cccc3Cl)CC1CCC2. The maximum absolute atomic E-state index is 12.6. The van der Waals surface area contributed by atoms with Crippen LogP contribution in [-0.2, 0) is 4.74 Å². The van der Waals surface area contributed by atoms with E-state index in [1.807, 2.05) is 43.9 Å². The maximum Gasteiger partial charge on any atom is 0.411 e. The van der Waals surface area contributed by atoms with Crippen LogP contribution in [0.1, 0.15) is 52.0 Å². The molecule has 24 heavy (non-hydrogen) atoms. The van der Waals surface area contributed by atoms with Crippen LogP contribution in [0, 0.1) is 0 Å². The third-order valence-corrected chi connectivity index (χ3v) is 5.16. The van der Waals surface area contributed by atoms with E-state index in [0.29, 0.717) is 10.0 Å². The average molecular weight is 368 g/mol. The lowest BCUT2D eigenvalue weighted by Crippen LogP contribution is -2.53. The number of ether oxygens (including phenoxy) is 1. The smallest absolute Gasteiger partial charge is 0.411 e. The average Bonchev–Trinajstić information content (AvgIpc) is 2.44. The molecule has 2 aliphatic rings. The molecule has 3 rings (SSSR count). The molecular formula is C19H23Cl2NO2. The summed E-state index contributed by atoms with van der Waals surface area (Å²) in [6.45, 7) is 5.69. The Labute approximate surface area is 153 Å².